The van der Waals surface area contributed by atoms with E-state index in [-0.39, 0.29) is 10.8 Å². The number of aromatic nitrogens is 2. The fourth-order valence-electron chi connectivity index (χ4n) is 1.56. The Balaban J connectivity index is 2.31. The van der Waals surface area contributed by atoms with E-state index in [0.29, 0.717) is 16.8 Å². The maximum absolute atomic E-state index is 13.2. The fourth-order valence-corrected chi connectivity index (χ4v) is 2.24. The molecule has 2 rings (SSSR count). The van der Waals surface area contributed by atoms with Gasteiger partial charge in [0.05, 0.1) is 0 Å². The number of nitrogens with zero attached hydrogens (tertiary/aromatic N) is 2. The van der Waals surface area contributed by atoms with Gasteiger partial charge in [-0.25, -0.2) is 9.37 Å². The van der Waals surface area contributed by atoms with Crippen LogP contribution in [-0.2, 0) is 6.54 Å². The van der Waals surface area contributed by atoms with Crippen molar-refractivity contribution >= 4 is 33.1 Å². The van der Waals surface area contributed by atoms with Crippen molar-refractivity contribution in [3.05, 3.63) is 52.3 Å². The third kappa shape index (κ3) is 2.89. The molecule has 17 heavy (non-hydrogen) atoms. The molecule has 0 saturated heterocycles. The molecule has 0 spiro atoms. The summed E-state index contributed by atoms with van der Waals surface area (Å²) in [5, 5.41) is 0. The molecular weight excluding hydrogens is 305 g/mol. The van der Waals surface area contributed by atoms with Gasteiger partial charge in [-0.1, -0.05) is 28.1 Å². The minimum Gasteiger partial charge on any atom is -0.387 e. The minimum absolute atomic E-state index is 0.227. The minimum atomic E-state index is -0.286. The normalized spacial score (nSPS) is 10.5. The molecular formula is C11H9BrFN3S. The SMILES string of the molecule is NC(=S)c1nccn1Cc1cc(F)cc(Br)c1. The first kappa shape index (κ1) is 12.2. The molecule has 0 amide bonds. The number of thiocarbonyl (C=S) groups is 1. The topological polar surface area (TPSA) is 43.8 Å². The summed E-state index contributed by atoms with van der Waals surface area (Å²) >= 11 is 8.13. The Bertz CT molecular complexity index is 547. The van der Waals surface area contributed by atoms with E-state index in [4.69, 9.17) is 18.0 Å². The molecule has 3 nitrogen and oxygen atoms in total. The van der Waals surface area contributed by atoms with Crippen molar-refractivity contribution < 1.29 is 4.39 Å². The Labute approximate surface area is 112 Å². The first-order valence-electron chi connectivity index (χ1n) is 4.82. The van der Waals surface area contributed by atoms with Crippen LogP contribution >= 0.6 is 28.1 Å². The second-order valence-corrected chi connectivity index (χ2v) is 4.88. The van der Waals surface area contributed by atoms with E-state index in [1.165, 1.54) is 12.1 Å². The molecule has 0 saturated carbocycles. The van der Waals surface area contributed by atoms with Crippen LogP contribution in [0.25, 0.3) is 0 Å². The molecule has 2 aromatic rings. The molecule has 0 atom stereocenters. The lowest BCUT2D eigenvalue weighted by molar-refractivity contribution is 0.622. The van der Waals surface area contributed by atoms with E-state index in [1.807, 2.05) is 6.07 Å². The lowest BCUT2D eigenvalue weighted by Gasteiger charge is -2.07. The van der Waals surface area contributed by atoms with E-state index in [1.54, 1.807) is 17.0 Å². The van der Waals surface area contributed by atoms with Crippen molar-refractivity contribution in [2.24, 2.45) is 5.73 Å². The molecule has 0 fully saturated rings. The average Bonchev–Trinajstić information content (AvgIpc) is 2.63. The summed E-state index contributed by atoms with van der Waals surface area (Å²) in [5.74, 6) is 0.242. The van der Waals surface area contributed by atoms with Gasteiger partial charge in [-0.05, 0) is 23.8 Å². The highest BCUT2D eigenvalue weighted by Gasteiger charge is 2.07. The maximum Gasteiger partial charge on any atom is 0.167 e. The van der Waals surface area contributed by atoms with E-state index in [2.05, 4.69) is 20.9 Å². The predicted molar refractivity (Wildman–Crippen MR) is 71.3 cm³/mol. The van der Waals surface area contributed by atoms with Crippen molar-refractivity contribution in [2.75, 3.05) is 0 Å². The Morgan fingerprint density at radius 1 is 1.47 bits per heavy atom. The predicted octanol–water partition coefficient (Wildman–Crippen LogP) is 2.47. The van der Waals surface area contributed by atoms with Crippen LogP contribution in [0.15, 0.2) is 35.1 Å². The van der Waals surface area contributed by atoms with Crippen LogP contribution in [0.5, 0.6) is 0 Å². The van der Waals surface area contributed by atoms with Gasteiger partial charge in [0, 0.05) is 23.4 Å². The largest absolute Gasteiger partial charge is 0.387 e. The van der Waals surface area contributed by atoms with Crippen molar-refractivity contribution in [1.82, 2.24) is 9.55 Å². The first-order chi connectivity index (χ1) is 8.06. The first-order valence-corrected chi connectivity index (χ1v) is 6.02. The Morgan fingerprint density at radius 3 is 2.88 bits per heavy atom. The fraction of sp³-hybridized carbons (Fsp3) is 0.0909. The van der Waals surface area contributed by atoms with Gasteiger partial charge in [-0.3, -0.25) is 0 Å². The van der Waals surface area contributed by atoms with Gasteiger partial charge in [-0.15, -0.1) is 0 Å². The molecule has 6 heteroatoms. The molecule has 0 bridgehead atoms. The highest BCUT2D eigenvalue weighted by atomic mass is 79.9. The molecule has 88 valence electrons. The molecule has 1 heterocycles. The van der Waals surface area contributed by atoms with Gasteiger partial charge in [0.15, 0.2) is 5.82 Å². The molecule has 0 aliphatic carbocycles. The zero-order valence-electron chi connectivity index (χ0n) is 8.73. The van der Waals surface area contributed by atoms with Gasteiger partial charge in [0.25, 0.3) is 0 Å². The van der Waals surface area contributed by atoms with Gasteiger partial charge < -0.3 is 10.3 Å². The number of nitrogens with two attached hydrogens (primary N) is 1. The van der Waals surface area contributed by atoms with Crippen LogP contribution < -0.4 is 5.73 Å². The summed E-state index contributed by atoms with van der Waals surface area (Å²) < 4.78 is 15.7. The Kier molecular flexibility index (Phi) is 3.54. The second-order valence-electron chi connectivity index (χ2n) is 3.52. The van der Waals surface area contributed by atoms with E-state index >= 15 is 0 Å². The molecule has 1 aromatic carbocycles. The van der Waals surface area contributed by atoms with Crippen LogP contribution in [0.3, 0.4) is 0 Å². The van der Waals surface area contributed by atoms with E-state index in [0.717, 1.165) is 5.56 Å². The smallest absolute Gasteiger partial charge is 0.167 e. The van der Waals surface area contributed by atoms with Gasteiger partial charge in [0.2, 0.25) is 0 Å². The summed E-state index contributed by atoms with van der Waals surface area (Å²) in [7, 11) is 0. The van der Waals surface area contributed by atoms with Crippen LogP contribution in [-0.4, -0.2) is 14.5 Å². The highest BCUT2D eigenvalue weighted by Crippen LogP contribution is 2.16. The van der Waals surface area contributed by atoms with Gasteiger partial charge in [-0.2, -0.15) is 0 Å². The second kappa shape index (κ2) is 4.93. The standard InChI is InChI=1S/C11H9BrFN3S/c12-8-3-7(4-9(13)5-8)6-16-2-1-15-11(16)10(14)17/h1-5H,6H2,(H2,14,17). The Morgan fingerprint density at radius 2 is 2.24 bits per heavy atom. The highest BCUT2D eigenvalue weighted by molar-refractivity contribution is 9.10. The van der Waals surface area contributed by atoms with Crippen LogP contribution in [0, 0.1) is 5.82 Å². The summed E-state index contributed by atoms with van der Waals surface area (Å²) in [5.41, 5.74) is 6.35. The van der Waals surface area contributed by atoms with E-state index < -0.39 is 0 Å². The number of halogens is 2. The summed E-state index contributed by atoms with van der Waals surface area (Å²) in [6, 6.07) is 4.71. The quantitative estimate of drug-likeness (QED) is 0.885. The van der Waals surface area contributed by atoms with Crippen molar-refractivity contribution in [1.29, 1.82) is 0 Å². The molecule has 1 aromatic heterocycles. The van der Waals surface area contributed by atoms with Crippen molar-refractivity contribution in [2.45, 2.75) is 6.54 Å². The number of imidazole rings is 1. The molecule has 0 aliphatic rings. The van der Waals surface area contributed by atoms with Crippen LogP contribution in [0.4, 0.5) is 4.39 Å². The summed E-state index contributed by atoms with van der Waals surface area (Å²) in [6.45, 7) is 0.475. The average molecular weight is 314 g/mol. The lowest BCUT2D eigenvalue weighted by Crippen LogP contribution is -2.17. The summed E-state index contributed by atoms with van der Waals surface area (Å²) in [4.78, 5) is 4.28. The van der Waals surface area contributed by atoms with E-state index in [9.17, 15) is 4.39 Å². The number of benzene rings is 1. The molecule has 0 aliphatic heterocycles. The number of hydrogen-bond acceptors (Lipinski definition) is 2. The van der Waals surface area contributed by atoms with Crippen molar-refractivity contribution in [3.8, 4) is 0 Å². The molecule has 0 radical (unpaired) electrons. The monoisotopic (exact) mass is 313 g/mol. The zero-order chi connectivity index (χ0) is 12.4. The molecule has 0 unspecified atom stereocenters. The number of rotatable bonds is 3. The van der Waals surface area contributed by atoms with Gasteiger partial charge >= 0.3 is 0 Å². The Hall–Kier alpha value is -1.27. The third-order valence-electron chi connectivity index (χ3n) is 2.21. The van der Waals surface area contributed by atoms with Crippen LogP contribution in [0.1, 0.15) is 11.4 Å². The number of hydrogen-bond donors (Lipinski definition) is 1. The maximum atomic E-state index is 13.2. The lowest BCUT2D eigenvalue weighted by atomic mass is 10.2. The van der Waals surface area contributed by atoms with Gasteiger partial charge in [0.1, 0.15) is 10.8 Å². The van der Waals surface area contributed by atoms with Crippen LogP contribution in [0.2, 0.25) is 0 Å². The summed E-state index contributed by atoms with van der Waals surface area (Å²) in [6.07, 6.45) is 3.37. The third-order valence-corrected chi connectivity index (χ3v) is 2.85. The molecule has 2 N–H and O–H groups in total. The zero-order valence-corrected chi connectivity index (χ0v) is 11.1. The van der Waals surface area contributed by atoms with Crippen molar-refractivity contribution in [3.63, 3.8) is 0 Å².